The van der Waals surface area contributed by atoms with Crippen molar-refractivity contribution in [2.24, 2.45) is 5.73 Å². The van der Waals surface area contributed by atoms with Gasteiger partial charge in [0.1, 0.15) is 0 Å². The van der Waals surface area contributed by atoms with Crippen LogP contribution >= 0.6 is 11.3 Å². The second-order valence-corrected chi connectivity index (χ2v) is 3.86. The first kappa shape index (κ1) is 10.1. The summed E-state index contributed by atoms with van der Waals surface area (Å²) in [6, 6.07) is 5.23. The predicted molar refractivity (Wildman–Crippen MR) is 60.9 cm³/mol. The molecule has 0 aliphatic carbocycles. The van der Waals surface area contributed by atoms with Gasteiger partial charge in [0.2, 0.25) is 0 Å². The van der Waals surface area contributed by atoms with E-state index in [1.807, 2.05) is 16.8 Å². The summed E-state index contributed by atoms with van der Waals surface area (Å²) >= 11 is 1.61. The van der Waals surface area contributed by atoms with E-state index in [1.54, 1.807) is 17.4 Å². The molecule has 2 aromatic heterocycles. The van der Waals surface area contributed by atoms with Crippen molar-refractivity contribution in [3.63, 3.8) is 0 Å². The van der Waals surface area contributed by atoms with E-state index in [-0.39, 0.29) is 5.56 Å². The van der Waals surface area contributed by atoms with E-state index in [4.69, 9.17) is 5.73 Å². The highest BCUT2D eigenvalue weighted by Gasteiger charge is 2.02. The molecule has 0 atom stereocenters. The van der Waals surface area contributed by atoms with Crippen LogP contribution in [0.1, 0.15) is 0 Å². The minimum absolute atomic E-state index is 0.112. The molecule has 15 heavy (non-hydrogen) atoms. The van der Waals surface area contributed by atoms with Crippen LogP contribution in [0, 0.1) is 0 Å². The Morgan fingerprint density at radius 2 is 2.27 bits per heavy atom. The highest BCUT2D eigenvalue weighted by molar-refractivity contribution is 7.08. The maximum atomic E-state index is 11.4. The van der Waals surface area contributed by atoms with Gasteiger partial charge in [0, 0.05) is 23.6 Å². The van der Waals surface area contributed by atoms with Crippen molar-refractivity contribution in [3.05, 3.63) is 39.3 Å². The normalized spacial score (nSPS) is 10.5. The molecule has 2 aromatic rings. The van der Waals surface area contributed by atoms with E-state index in [0.717, 1.165) is 11.3 Å². The van der Waals surface area contributed by atoms with E-state index in [1.165, 1.54) is 10.7 Å². The highest BCUT2D eigenvalue weighted by atomic mass is 32.1. The van der Waals surface area contributed by atoms with Crippen molar-refractivity contribution in [3.8, 4) is 11.3 Å². The Labute approximate surface area is 91.0 Å². The molecular weight excluding hydrogens is 210 g/mol. The number of nitrogens with zero attached hydrogens (tertiary/aromatic N) is 2. The first-order valence-corrected chi connectivity index (χ1v) is 5.56. The molecule has 0 fully saturated rings. The molecular formula is C10H11N3OS. The molecule has 5 heteroatoms. The minimum Gasteiger partial charge on any atom is -0.329 e. The highest BCUT2D eigenvalue weighted by Crippen LogP contribution is 2.18. The molecule has 0 aliphatic rings. The maximum Gasteiger partial charge on any atom is 0.266 e. The second kappa shape index (κ2) is 4.37. The summed E-state index contributed by atoms with van der Waals surface area (Å²) < 4.78 is 1.40. The lowest BCUT2D eigenvalue weighted by Gasteiger charge is -2.03. The van der Waals surface area contributed by atoms with Crippen molar-refractivity contribution in [2.45, 2.75) is 6.54 Å². The molecule has 2 heterocycles. The van der Waals surface area contributed by atoms with Crippen LogP contribution in [0.15, 0.2) is 33.8 Å². The quantitative estimate of drug-likeness (QED) is 0.838. The van der Waals surface area contributed by atoms with Crippen LogP contribution in [0.4, 0.5) is 0 Å². The Balaban J connectivity index is 2.43. The molecule has 0 saturated carbocycles. The molecule has 0 saturated heterocycles. The van der Waals surface area contributed by atoms with Gasteiger partial charge >= 0.3 is 0 Å². The topological polar surface area (TPSA) is 60.9 Å². The number of rotatable bonds is 3. The Hall–Kier alpha value is -1.46. The van der Waals surface area contributed by atoms with Crippen LogP contribution in [0.5, 0.6) is 0 Å². The molecule has 0 aliphatic heterocycles. The van der Waals surface area contributed by atoms with Gasteiger partial charge in [0.15, 0.2) is 0 Å². The molecule has 2 N–H and O–H groups in total. The lowest BCUT2D eigenvalue weighted by atomic mass is 10.2. The molecule has 0 aromatic carbocycles. The molecule has 78 valence electrons. The molecule has 0 amide bonds. The predicted octanol–water partition coefficient (Wildman–Crippen LogP) is 0.930. The van der Waals surface area contributed by atoms with Gasteiger partial charge in [0.25, 0.3) is 5.56 Å². The van der Waals surface area contributed by atoms with E-state index in [2.05, 4.69) is 5.10 Å². The molecule has 0 spiro atoms. The van der Waals surface area contributed by atoms with Crippen LogP contribution in [0.2, 0.25) is 0 Å². The fraction of sp³-hybridized carbons (Fsp3) is 0.200. The van der Waals surface area contributed by atoms with Crippen LogP contribution in [-0.2, 0) is 6.54 Å². The van der Waals surface area contributed by atoms with Crippen molar-refractivity contribution in [1.29, 1.82) is 0 Å². The van der Waals surface area contributed by atoms with Crippen LogP contribution in [0.3, 0.4) is 0 Å². The van der Waals surface area contributed by atoms with Crippen LogP contribution < -0.4 is 11.3 Å². The van der Waals surface area contributed by atoms with Crippen molar-refractivity contribution in [2.75, 3.05) is 6.54 Å². The average Bonchev–Trinajstić information content (AvgIpc) is 2.75. The number of hydrogen-bond donors (Lipinski definition) is 1. The Morgan fingerprint density at radius 3 is 2.93 bits per heavy atom. The van der Waals surface area contributed by atoms with Gasteiger partial charge < -0.3 is 5.73 Å². The van der Waals surface area contributed by atoms with Gasteiger partial charge in [-0.1, -0.05) is 0 Å². The van der Waals surface area contributed by atoms with Gasteiger partial charge in [-0.25, -0.2) is 4.68 Å². The van der Waals surface area contributed by atoms with Crippen LogP contribution in [-0.4, -0.2) is 16.3 Å². The molecule has 0 bridgehead atoms. The lowest BCUT2D eigenvalue weighted by Crippen LogP contribution is -2.25. The zero-order valence-electron chi connectivity index (χ0n) is 8.09. The summed E-state index contributed by atoms with van der Waals surface area (Å²) in [5.41, 5.74) is 7.13. The van der Waals surface area contributed by atoms with Gasteiger partial charge in [-0.15, -0.1) is 0 Å². The SMILES string of the molecule is NCCn1nc(-c2ccsc2)ccc1=O. The van der Waals surface area contributed by atoms with Gasteiger partial charge in [0.05, 0.1) is 12.2 Å². The monoisotopic (exact) mass is 221 g/mol. The smallest absolute Gasteiger partial charge is 0.266 e. The fourth-order valence-electron chi connectivity index (χ4n) is 1.30. The molecule has 2 rings (SSSR count). The summed E-state index contributed by atoms with van der Waals surface area (Å²) in [6.45, 7) is 0.872. The van der Waals surface area contributed by atoms with Crippen LogP contribution in [0.25, 0.3) is 11.3 Å². The Morgan fingerprint density at radius 1 is 1.40 bits per heavy atom. The third-order valence-corrected chi connectivity index (χ3v) is 2.71. The minimum atomic E-state index is -0.112. The lowest BCUT2D eigenvalue weighted by molar-refractivity contribution is 0.590. The Bertz CT molecular complexity index is 490. The standard InChI is InChI=1S/C10H11N3OS/c11-4-5-13-10(14)2-1-9(12-13)8-3-6-15-7-8/h1-3,6-7H,4-5,11H2. The van der Waals surface area contributed by atoms with Crippen molar-refractivity contribution < 1.29 is 0 Å². The van der Waals surface area contributed by atoms with Gasteiger partial charge in [-0.2, -0.15) is 16.4 Å². The second-order valence-electron chi connectivity index (χ2n) is 3.08. The van der Waals surface area contributed by atoms with Gasteiger partial charge in [-0.3, -0.25) is 4.79 Å². The van der Waals surface area contributed by atoms with E-state index >= 15 is 0 Å². The first-order chi connectivity index (χ1) is 7.31. The summed E-state index contributed by atoms with van der Waals surface area (Å²) in [4.78, 5) is 11.4. The first-order valence-electron chi connectivity index (χ1n) is 4.62. The van der Waals surface area contributed by atoms with Gasteiger partial charge in [-0.05, 0) is 17.5 Å². The van der Waals surface area contributed by atoms with E-state index < -0.39 is 0 Å². The fourth-order valence-corrected chi connectivity index (χ4v) is 1.95. The number of aromatic nitrogens is 2. The summed E-state index contributed by atoms with van der Waals surface area (Å²) in [6.07, 6.45) is 0. The number of thiophene rings is 1. The van der Waals surface area contributed by atoms with E-state index in [0.29, 0.717) is 13.1 Å². The largest absolute Gasteiger partial charge is 0.329 e. The molecule has 0 radical (unpaired) electrons. The summed E-state index contributed by atoms with van der Waals surface area (Å²) in [7, 11) is 0. The average molecular weight is 221 g/mol. The third kappa shape index (κ3) is 2.14. The third-order valence-electron chi connectivity index (χ3n) is 2.02. The van der Waals surface area contributed by atoms with E-state index in [9.17, 15) is 4.79 Å². The number of hydrogen-bond acceptors (Lipinski definition) is 4. The molecule has 4 nitrogen and oxygen atoms in total. The zero-order valence-corrected chi connectivity index (χ0v) is 8.91. The zero-order chi connectivity index (χ0) is 10.7. The van der Waals surface area contributed by atoms with Crippen molar-refractivity contribution in [1.82, 2.24) is 9.78 Å². The summed E-state index contributed by atoms with van der Waals surface area (Å²) in [5, 5.41) is 8.22. The number of nitrogens with two attached hydrogens (primary N) is 1. The maximum absolute atomic E-state index is 11.4. The summed E-state index contributed by atoms with van der Waals surface area (Å²) in [5.74, 6) is 0. The Kier molecular flexibility index (Phi) is 2.94. The van der Waals surface area contributed by atoms with Crippen molar-refractivity contribution >= 4 is 11.3 Å². The molecule has 0 unspecified atom stereocenters.